The summed E-state index contributed by atoms with van der Waals surface area (Å²) < 4.78 is 15.5. The zero-order valence-electron chi connectivity index (χ0n) is 21.5. The lowest BCUT2D eigenvalue weighted by Gasteiger charge is -2.35. The Morgan fingerprint density at radius 2 is 1.78 bits per heavy atom. The average molecular weight is 499 g/mol. The first-order chi connectivity index (χ1) is 18.0. The minimum atomic E-state index is -0.373. The van der Waals surface area contributed by atoms with Gasteiger partial charge >= 0.3 is 0 Å². The number of aromatic nitrogens is 3. The fraction of sp³-hybridized carbons (Fsp3) is 0.345. The molecule has 2 aromatic heterocycles. The van der Waals surface area contributed by atoms with Gasteiger partial charge < -0.3 is 15.1 Å². The van der Waals surface area contributed by atoms with Crippen LogP contribution in [0.5, 0.6) is 0 Å². The Balaban J connectivity index is 1.32. The van der Waals surface area contributed by atoms with Gasteiger partial charge in [-0.2, -0.15) is 4.98 Å². The molecule has 1 saturated heterocycles. The molecule has 0 spiro atoms. The van der Waals surface area contributed by atoms with Crippen LogP contribution in [0.15, 0.2) is 47.3 Å². The molecular weight excluding hydrogens is 467 g/mol. The highest BCUT2D eigenvalue weighted by Crippen LogP contribution is 2.43. The van der Waals surface area contributed by atoms with Gasteiger partial charge in [0.15, 0.2) is 0 Å². The lowest BCUT2D eigenvalue weighted by atomic mass is 10.1. The molecular formula is C29H31FN6O. The van der Waals surface area contributed by atoms with E-state index >= 15 is 0 Å². The Morgan fingerprint density at radius 3 is 2.51 bits per heavy atom. The molecule has 1 N–H and O–H groups in total. The number of halogens is 1. The molecule has 0 saturated carbocycles. The van der Waals surface area contributed by atoms with Crippen LogP contribution in [0.3, 0.4) is 0 Å². The van der Waals surface area contributed by atoms with E-state index in [0.29, 0.717) is 29.3 Å². The summed E-state index contributed by atoms with van der Waals surface area (Å²) in [5.74, 6) is 0.103. The number of fused-ring (bicyclic) bond motifs is 2. The maximum Gasteiger partial charge on any atom is 0.260 e. The van der Waals surface area contributed by atoms with Crippen molar-refractivity contribution in [3.05, 3.63) is 75.5 Å². The zero-order valence-corrected chi connectivity index (χ0v) is 21.5. The molecule has 4 aromatic rings. The van der Waals surface area contributed by atoms with E-state index in [0.717, 1.165) is 55.9 Å². The van der Waals surface area contributed by atoms with E-state index in [9.17, 15) is 9.18 Å². The minimum Gasteiger partial charge on any atom is -0.369 e. The summed E-state index contributed by atoms with van der Waals surface area (Å²) in [6.07, 6.45) is 0.974. The number of piperazine rings is 1. The van der Waals surface area contributed by atoms with Crippen LogP contribution in [0, 0.1) is 12.7 Å². The van der Waals surface area contributed by atoms with Crippen molar-refractivity contribution < 1.29 is 4.39 Å². The number of likely N-dealkylation sites (N-methyl/N-ethyl adjacent to an activating group) is 1. The SMILES string of the molecule is CCN1CCN(c2ccc(Nc3nc(C)c4cc(-c5cccc(F)c5)c(=O)n(CC)c4n3)c3c2C3)CC1. The van der Waals surface area contributed by atoms with Crippen LogP contribution in [0.25, 0.3) is 22.2 Å². The molecule has 8 heteroatoms. The van der Waals surface area contributed by atoms with Gasteiger partial charge in [-0.15, -0.1) is 0 Å². The highest BCUT2D eigenvalue weighted by molar-refractivity contribution is 5.85. The number of hydrogen-bond donors (Lipinski definition) is 1. The quantitative estimate of drug-likeness (QED) is 0.366. The number of rotatable bonds is 6. The molecule has 0 bridgehead atoms. The van der Waals surface area contributed by atoms with Crippen LogP contribution in [0.2, 0.25) is 0 Å². The third kappa shape index (κ3) is 4.25. The molecule has 0 amide bonds. The van der Waals surface area contributed by atoms with Crippen molar-refractivity contribution in [2.24, 2.45) is 0 Å². The molecule has 37 heavy (non-hydrogen) atoms. The molecule has 0 atom stereocenters. The lowest BCUT2D eigenvalue weighted by molar-refractivity contribution is 0.271. The van der Waals surface area contributed by atoms with Gasteiger partial charge in [0.05, 0.1) is 5.69 Å². The third-order valence-corrected chi connectivity index (χ3v) is 7.63. The third-order valence-electron chi connectivity index (χ3n) is 7.63. The number of pyridine rings is 1. The van der Waals surface area contributed by atoms with Gasteiger partial charge in [-0.25, -0.2) is 9.37 Å². The fourth-order valence-corrected chi connectivity index (χ4v) is 5.44. The standard InChI is InChI=1S/C29H31FN6O/c1-4-34-11-13-35(14-12-34)26-10-9-25(23-17-24(23)26)32-29-31-18(3)21-16-22(19-7-6-8-20(30)15-19)28(37)36(5-2)27(21)33-29/h6-10,15-16H,4-5,11-14,17H2,1-3H3,(H,31,32,33). The number of hydrogen-bond acceptors (Lipinski definition) is 6. The Bertz CT molecular complexity index is 1570. The van der Waals surface area contributed by atoms with Gasteiger partial charge in [0.1, 0.15) is 11.5 Å². The molecule has 0 radical (unpaired) electrons. The first-order valence-electron chi connectivity index (χ1n) is 13.0. The molecule has 2 aliphatic rings. The summed E-state index contributed by atoms with van der Waals surface area (Å²) in [6, 6.07) is 12.2. The Kier molecular flexibility index (Phi) is 5.91. The summed E-state index contributed by atoms with van der Waals surface area (Å²) in [4.78, 5) is 27.8. The molecule has 0 unspecified atom stereocenters. The van der Waals surface area contributed by atoms with Crippen LogP contribution in [-0.2, 0) is 13.0 Å². The van der Waals surface area contributed by atoms with Crippen molar-refractivity contribution in [2.75, 3.05) is 42.9 Å². The topological polar surface area (TPSA) is 66.3 Å². The molecule has 190 valence electrons. The number of nitrogens with zero attached hydrogens (tertiary/aromatic N) is 5. The molecule has 2 aromatic carbocycles. The summed E-state index contributed by atoms with van der Waals surface area (Å²) in [6.45, 7) is 11.9. The fourth-order valence-electron chi connectivity index (χ4n) is 5.44. The van der Waals surface area contributed by atoms with Crippen molar-refractivity contribution in [2.45, 2.75) is 33.7 Å². The van der Waals surface area contributed by atoms with Gasteiger partial charge in [-0.05, 0) is 67.4 Å². The second-order valence-corrected chi connectivity index (χ2v) is 9.80. The van der Waals surface area contributed by atoms with E-state index in [4.69, 9.17) is 9.97 Å². The average Bonchev–Trinajstić information content (AvgIpc) is 3.70. The summed E-state index contributed by atoms with van der Waals surface area (Å²) >= 11 is 0. The molecule has 7 nitrogen and oxygen atoms in total. The van der Waals surface area contributed by atoms with E-state index < -0.39 is 0 Å². The predicted molar refractivity (Wildman–Crippen MR) is 146 cm³/mol. The van der Waals surface area contributed by atoms with Crippen LogP contribution >= 0.6 is 0 Å². The predicted octanol–water partition coefficient (Wildman–Crippen LogP) is 4.72. The van der Waals surface area contributed by atoms with E-state index in [2.05, 4.69) is 34.2 Å². The van der Waals surface area contributed by atoms with Gasteiger partial charge in [-0.1, -0.05) is 19.1 Å². The normalized spacial score (nSPS) is 15.2. The van der Waals surface area contributed by atoms with Crippen LogP contribution < -0.4 is 15.8 Å². The van der Waals surface area contributed by atoms with E-state index in [-0.39, 0.29) is 11.4 Å². The smallest absolute Gasteiger partial charge is 0.260 e. The zero-order chi connectivity index (χ0) is 25.7. The van der Waals surface area contributed by atoms with Crippen LogP contribution in [0.1, 0.15) is 30.7 Å². The number of benzene rings is 2. The first-order valence-corrected chi connectivity index (χ1v) is 13.0. The first kappa shape index (κ1) is 23.6. The monoisotopic (exact) mass is 498 g/mol. The van der Waals surface area contributed by atoms with E-state index in [1.807, 2.05) is 13.8 Å². The molecule has 1 aliphatic heterocycles. The Labute approximate surface area is 215 Å². The summed E-state index contributed by atoms with van der Waals surface area (Å²) in [5.41, 5.74) is 7.22. The Morgan fingerprint density at radius 1 is 0.973 bits per heavy atom. The largest absolute Gasteiger partial charge is 0.369 e. The molecule has 1 aliphatic carbocycles. The van der Waals surface area contributed by atoms with Crippen molar-refractivity contribution in [3.8, 4) is 11.1 Å². The maximum absolute atomic E-state index is 13.9. The van der Waals surface area contributed by atoms with Crippen LogP contribution in [-0.4, -0.2) is 52.2 Å². The van der Waals surface area contributed by atoms with Crippen LogP contribution in [0.4, 0.5) is 21.7 Å². The molecule has 6 rings (SSSR count). The highest BCUT2D eigenvalue weighted by Gasteiger charge is 2.29. The number of nitrogens with one attached hydrogen (secondary N) is 1. The maximum atomic E-state index is 13.9. The summed E-state index contributed by atoms with van der Waals surface area (Å²) in [5, 5.41) is 4.20. The van der Waals surface area contributed by atoms with Crippen molar-refractivity contribution in [1.29, 1.82) is 0 Å². The van der Waals surface area contributed by atoms with Crippen molar-refractivity contribution >= 4 is 28.4 Å². The summed E-state index contributed by atoms with van der Waals surface area (Å²) in [7, 11) is 0. The number of anilines is 3. The molecule has 1 fully saturated rings. The number of aryl methyl sites for hydroxylation is 2. The van der Waals surface area contributed by atoms with E-state index in [1.54, 1.807) is 22.8 Å². The van der Waals surface area contributed by atoms with Gasteiger partial charge in [-0.3, -0.25) is 9.36 Å². The van der Waals surface area contributed by atoms with Crippen molar-refractivity contribution in [1.82, 2.24) is 19.4 Å². The van der Waals surface area contributed by atoms with Gasteiger partial charge in [0.2, 0.25) is 5.95 Å². The minimum absolute atomic E-state index is 0.190. The second-order valence-electron chi connectivity index (χ2n) is 9.80. The van der Waals surface area contributed by atoms with Gasteiger partial charge in [0.25, 0.3) is 5.56 Å². The van der Waals surface area contributed by atoms with E-state index in [1.165, 1.54) is 28.9 Å². The second kappa shape index (κ2) is 9.27. The van der Waals surface area contributed by atoms with Gasteiger partial charge in [0, 0.05) is 61.5 Å². The van der Waals surface area contributed by atoms with Crippen molar-refractivity contribution in [3.63, 3.8) is 0 Å². The molecule has 3 heterocycles. The Hall–Kier alpha value is -3.78. The lowest BCUT2D eigenvalue weighted by Crippen LogP contribution is -2.46. The highest BCUT2D eigenvalue weighted by atomic mass is 19.1.